The van der Waals surface area contributed by atoms with Gasteiger partial charge in [0.2, 0.25) is 0 Å². The molecule has 0 aliphatic heterocycles. The molecule has 106 valence electrons. The summed E-state index contributed by atoms with van der Waals surface area (Å²) in [5.41, 5.74) is -1.36. The quantitative estimate of drug-likeness (QED) is 0.606. The largest absolute Gasteiger partial charge is 0.459 e. The highest BCUT2D eigenvalue weighted by molar-refractivity contribution is 9.09. The minimum Gasteiger partial charge on any atom is -0.459 e. The second kappa shape index (κ2) is 5.48. The van der Waals surface area contributed by atoms with Crippen molar-refractivity contribution >= 4 is 21.9 Å². The van der Waals surface area contributed by atoms with Crippen LogP contribution in [0.5, 0.6) is 0 Å². The minimum absolute atomic E-state index is 0.308. The number of carbonyl (C=O) groups is 1. The highest BCUT2D eigenvalue weighted by atomic mass is 79.9. The summed E-state index contributed by atoms with van der Waals surface area (Å²) in [5, 5.41) is 0. The summed E-state index contributed by atoms with van der Waals surface area (Å²) in [5.74, 6) is -0.575. The summed E-state index contributed by atoms with van der Waals surface area (Å²) in [4.78, 5) is 14.2. The molecule has 0 N–H and O–H groups in total. The summed E-state index contributed by atoms with van der Waals surface area (Å²) in [6, 6.07) is 2.02. The van der Waals surface area contributed by atoms with Crippen LogP contribution in [0.1, 0.15) is 36.9 Å². The molecule has 0 radical (unpaired) electrons. The number of ether oxygens (including phenoxy) is 1. The van der Waals surface area contributed by atoms with E-state index < -0.39 is 28.3 Å². The van der Waals surface area contributed by atoms with E-state index in [9.17, 15) is 18.0 Å². The van der Waals surface area contributed by atoms with Gasteiger partial charge in [-0.05, 0) is 32.4 Å². The lowest BCUT2D eigenvalue weighted by atomic mass is 10.1. The molecule has 7 heteroatoms. The molecule has 0 saturated heterocycles. The third kappa shape index (κ3) is 4.81. The average molecular weight is 340 g/mol. The van der Waals surface area contributed by atoms with Crippen molar-refractivity contribution in [2.45, 2.75) is 37.4 Å². The number of hydrogen-bond acceptors (Lipinski definition) is 3. The molecule has 0 amide bonds. The Balaban J connectivity index is 2.84. The molecule has 3 nitrogen and oxygen atoms in total. The molecule has 19 heavy (non-hydrogen) atoms. The van der Waals surface area contributed by atoms with E-state index in [1.807, 2.05) is 0 Å². The lowest BCUT2D eigenvalue weighted by Gasteiger charge is -2.21. The molecule has 0 saturated carbocycles. The Labute approximate surface area is 117 Å². The van der Waals surface area contributed by atoms with Crippen LogP contribution < -0.4 is 0 Å². The van der Waals surface area contributed by atoms with Gasteiger partial charge in [-0.1, -0.05) is 22.0 Å². The highest BCUT2D eigenvalue weighted by Gasteiger charge is 2.33. The van der Waals surface area contributed by atoms with Gasteiger partial charge in [0.15, 0.2) is 0 Å². The lowest BCUT2D eigenvalue weighted by molar-refractivity contribution is -0.154. The minimum atomic E-state index is -4.49. The second-order valence-corrected chi connectivity index (χ2v) is 5.79. The first-order chi connectivity index (χ1) is 8.50. The number of pyridine rings is 1. The van der Waals surface area contributed by atoms with Gasteiger partial charge in [-0.2, -0.15) is 13.2 Å². The molecule has 0 aliphatic carbocycles. The van der Waals surface area contributed by atoms with Crippen molar-refractivity contribution in [2.24, 2.45) is 0 Å². The topological polar surface area (TPSA) is 39.2 Å². The van der Waals surface area contributed by atoms with Crippen molar-refractivity contribution in [3.05, 3.63) is 29.6 Å². The Morgan fingerprint density at radius 1 is 1.32 bits per heavy atom. The highest BCUT2D eigenvalue weighted by Crippen LogP contribution is 2.30. The summed E-state index contributed by atoms with van der Waals surface area (Å²) in [6.45, 7) is 5.11. The molecule has 1 atom stereocenters. The van der Waals surface area contributed by atoms with E-state index in [-0.39, 0.29) is 0 Å². The van der Waals surface area contributed by atoms with Crippen LogP contribution >= 0.6 is 15.9 Å². The van der Waals surface area contributed by atoms with E-state index in [0.717, 1.165) is 12.3 Å². The third-order valence-electron chi connectivity index (χ3n) is 1.98. The molecule has 0 spiro atoms. The smallest absolute Gasteiger partial charge is 0.433 e. The second-order valence-electron chi connectivity index (χ2n) is 4.87. The van der Waals surface area contributed by atoms with E-state index in [0.29, 0.717) is 5.56 Å². The van der Waals surface area contributed by atoms with Crippen LogP contribution in [0.25, 0.3) is 0 Å². The summed E-state index contributed by atoms with van der Waals surface area (Å²) >= 11 is 3.08. The van der Waals surface area contributed by atoms with Crippen molar-refractivity contribution in [1.82, 2.24) is 4.98 Å². The number of halogens is 4. The molecule has 1 heterocycles. The van der Waals surface area contributed by atoms with Crippen molar-refractivity contribution < 1.29 is 22.7 Å². The fourth-order valence-electron chi connectivity index (χ4n) is 1.21. The van der Waals surface area contributed by atoms with Crippen LogP contribution in [0, 0.1) is 0 Å². The first-order valence-corrected chi connectivity index (χ1v) is 6.32. The zero-order chi connectivity index (χ0) is 14.8. The molecule has 0 aromatic carbocycles. The number of esters is 1. The predicted octanol–water partition coefficient (Wildman–Crippen LogP) is 3.88. The van der Waals surface area contributed by atoms with Gasteiger partial charge in [-0.3, -0.25) is 9.78 Å². The van der Waals surface area contributed by atoms with Gasteiger partial charge < -0.3 is 4.74 Å². The van der Waals surface area contributed by atoms with Gasteiger partial charge in [-0.15, -0.1) is 0 Å². The Morgan fingerprint density at radius 2 is 1.89 bits per heavy atom. The zero-order valence-corrected chi connectivity index (χ0v) is 12.2. The van der Waals surface area contributed by atoms with Gasteiger partial charge in [0.25, 0.3) is 0 Å². The number of nitrogens with zero attached hydrogens (tertiary/aromatic N) is 1. The van der Waals surface area contributed by atoms with Crippen LogP contribution in [0.4, 0.5) is 13.2 Å². The van der Waals surface area contributed by atoms with E-state index in [2.05, 4.69) is 20.9 Å². The van der Waals surface area contributed by atoms with E-state index >= 15 is 0 Å². The predicted molar refractivity (Wildman–Crippen MR) is 66.8 cm³/mol. The van der Waals surface area contributed by atoms with E-state index in [1.54, 1.807) is 20.8 Å². The molecule has 0 bridgehead atoms. The van der Waals surface area contributed by atoms with Gasteiger partial charge in [0.05, 0.1) is 0 Å². The number of hydrogen-bond donors (Lipinski definition) is 0. The van der Waals surface area contributed by atoms with E-state index in [1.165, 1.54) is 6.07 Å². The summed E-state index contributed by atoms with van der Waals surface area (Å²) in [6.07, 6.45) is -3.49. The average Bonchev–Trinajstić information content (AvgIpc) is 2.24. The molecule has 1 rings (SSSR count). The Hall–Kier alpha value is -1.11. The number of aromatic nitrogens is 1. The number of rotatable bonds is 2. The van der Waals surface area contributed by atoms with Gasteiger partial charge in [0.1, 0.15) is 16.1 Å². The van der Waals surface area contributed by atoms with Crippen molar-refractivity contribution in [1.29, 1.82) is 0 Å². The van der Waals surface area contributed by atoms with Gasteiger partial charge >= 0.3 is 12.1 Å². The van der Waals surface area contributed by atoms with Crippen molar-refractivity contribution in [2.75, 3.05) is 0 Å². The number of carbonyl (C=O) groups excluding carboxylic acids is 1. The van der Waals surface area contributed by atoms with E-state index in [4.69, 9.17) is 4.74 Å². The Bertz CT molecular complexity index is 452. The van der Waals surface area contributed by atoms with Gasteiger partial charge in [-0.25, -0.2) is 0 Å². The molecule has 1 aromatic heterocycles. The Kier molecular flexibility index (Phi) is 4.60. The molecule has 0 fully saturated rings. The molecule has 1 aromatic rings. The maximum absolute atomic E-state index is 12.3. The summed E-state index contributed by atoms with van der Waals surface area (Å²) < 4.78 is 42.1. The molecule has 1 unspecified atom stereocenters. The first kappa shape index (κ1) is 15.9. The van der Waals surface area contributed by atoms with Crippen molar-refractivity contribution in [3.8, 4) is 0 Å². The molecular formula is C12H13BrF3NO2. The van der Waals surface area contributed by atoms with Crippen molar-refractivity contribution in [3.63, 3.8) is 0 Å². The lowest BCUT2D eigenvalue weighted by Crippen LogP contribution is -2.26. The SMILES string of the molecule is CC(C)(C)OC(=O)C(Br)c1ccc(C(F)(F)F)nc1. The van der Waals surface area contributed by atoms with Crippen LogP contribution in [0.2, 0.25) is 0 Å². The fourth-order valence-corrected chi connectivity index (χ4v) is 1.58. The Morgan fingerprint density at radius 3 is 2.26 bits per heavy atom. The fraction of sp³-hybridized carbons (Fsp3) is 0.500. The summed E-state index contributed by atoms with van der Waals surface area (Å²) in [7, 11) is 0. The van der Waals surface area contributed by atoms with Crippen LogP contribution in [0.15, 0.2) is 18.3 Å². The molecule has 0 aliphatic rings. The third-order valence-corrected chi connectivity index (χ3v) is 2.89. The molecular weight excluding hydrogens is 327 g/mol. The van der Waals surface area contributed by atoms with Crippen LogP contribution in [-0.4, -0.2) is 16.6 Å². The number of alkyl halides is 4. The maximum atomic E-state index is 12.3. The zero-order valence-electron chi connectivity index (χ0n) is 10.6. The van der Waals surface area contributed by atoms with Crippen LogP contribution in [0.3, 0.4) is 0 Å². The monoisotopic (exact) mass is 339 g/mol. The van der Waals surface area contributed by atoms with Crippen LogP contribution in [-0.2, 0) is 15.7 Å². The first-order valence-electron chi connectivity index (χ1n) is 5.41. The normalized spacial score (nSPS) is 14.1. The maximum Gasteiger partial charge on any atom is 0.433 e. The van der Waals surface area contributed by atoms with Gasteiger partial charge in [0, 0.05) is 6.20 Å². The standard InChI is InChI=1S/C12H13BrF3NO2/c1-11(2,3)19-10(18)9(13)7-4-5-8(17-6-7)12(14,15)16/h4-6,9H,1-3H3.